The van der Waals surface area contributed by atoms with Crippen LogP contribution in [0, 0.1) is 0 Å². The minimum atomic E-state index is -3.69. The molecule has 3 aliphatic rings. The molecule has 8 nitrogen and oxygen atoms in total. The summed E-state index contributed by atoms with van der Waals surface area (Å²) in [5.74, 6) is -1.60. The van der Waals surface area contributed by atoms with E-state index >= 15 is 0 Å². The van der Waals surface area contributed by atoms with Gasteiger partial charge in [0.1, 0.15) is 24.4 Å². The highest BCUT2D eigenvalue weighted by Crippen LogP contribution is 2.42. The topological polar surface area (TPSA) is 89.5 Å². The first-order valence-electron chi connectivity index (χ1n) is 7.17. The van der Waals surface area contributed by atoms with E-state index in [0.717, 1.165) is 6.26 Å². The van der Waals surface area contributed by atoms with Gasteiger partial charge in [-0.15, -0.1) is 0 Å². The van der Waals surface area contributed by atoms with Gasteiger partial charge in [-0.1, -0.05) is 0 Å². The Morgan fingerprint density at radius 3 is 2.23 bits per heavy atom. The van der Waals surface area contributed by atoms with Crippen LogP contribution in [0.25, 0.3) is 0 Å². The van der Waals surface area contributed by atoms with Gasteiger partial charge in [-0.3, -0.25) is 4.18 Å². The predicted octanol–water partition coefficient (Wildman–Crippen LogP) is 0.359. The van der Waals surface area contributed by atoms with E-state index in [-0.39, 0.29) is 6.61 Å². The average molecular weight is 338 g/mol. The Morgan fingerprint density at radius 2 is 1.68 bits per heavy atom. The summed E-state index contributed by atoms with van der Waals surface area (Å²) >= 11 is 0. The Kier molecular flexibility index (Phi) is 3.84. The normalized spacial score (nSPS) is 43.4. The lowest BCUT2D eigenvalue weighted by Crippen LogP contribution is -2.45. The van der Waals surface area contributed by atoms with Crippen molar-refractivity contribution < 1.29 is 36.3 Å². The van der Waals surface area contributed by atoms with Crippen LogP contribution in [0.4, 0.5) is 0 Å². The van der Waals surface area contributed by atoms with Crippen LogP contribution in [0.3, 0.4) is 0 Å². The molecule has 22 heavy (non-hydrogen) atoms. The molecule has 3 fully saturated rings. The fourth-order valence-electron chi connectivity index (χ4n) is 2.99. The minimum Gasteiger partial charge on any atom is -0.348 e. The molecule has 0 aliphatic carbocycles. The molecule has 0 saturated carbocycles. The van der Waals surface area contributed by atoms with Gasteiger partial charge in [0.2, 0.25) is 0 Å². The van der Waals surface area contributed by atoms with E-state index < -0.39 is 52.4 Å². The van der Waals surface area contributed by atoms with Gasteiger partial charge in [0.05, 0.1) is 12.9 Å². The molecule has 9 heteroatoms. The lowest BCUT2D eigenvalue weighted by Gasteiger charge is -2.28. The van der Waals surface area contributed by atoms with Crippen molar-refractivity contribution in [3.8, 4) is 0 Å². The van der Waals surface area contributed by atoms with Crippen LogP contribution in [0.15, 0.2) is 0 Å². The molecule has 3 heterocycles. The molecule has 0 N–H and O–H groups in total. The molecule has 0 aromatic rings. The van der Waals surface area contributed by atoms with Crippen LogP contribution >= 0.6 is 0 Å². The van der Waals surface area contributed by atoms with Gasteiger partial charge >= 0.3 is 0 Å². The van der Waals surface area contributed by atoms with Crippen molar-refractivity contribution in [3.63, 3.8) is 0 Å². The van der Waals surface area contributed by atoms with Crippen LogP contribution in [0.1, 0.15) is 27.7 Å². The van der Waals surface area contributed by atoms with Crippen molar-refractivity contribution in [2.24, 2.45) is 0 Å². The van der Waals surface area contributed by atoms with Crippen LogP contribution in [-0.2, 0) is 38.0 Å². The molecule has 128 valence electrons. The van der Waals surface area contributed by atoms with Crippen LogP contribution in [-0.4, -0.2) is 63.6 Å². The SMILES string of the molecule is CC1(C)O[C@@H]2O[C@@H]([C@@H]3COC(C)(C)O3)[C@H](OS(C)(=O)=O)[C@H]2O1. The lowest BCUT2D eigenvalue weighted by atomic mass is 10.1. The molecule has 0 bridgehead atoms. The molecular weight excluding hydrogens is 316 g/mol. The van der Waals surface area contributed by atoms with E-state index in [0.29, 0.717) is 0 Å². The lowest BCUT2D eigenvalue weighted by molar-refractivity contribution is -0.230. The van der Waals surface area contributed by atoms with Crippen molar-refractivity contribution in [1.82, 2.24) is 0 Å². The first-order chi connectivity index (χ1) is 9.96. The molecule has 0 aromatic carbocycles. The maximum Gasteiger partial charge on any atom is 0.264 e. The minimum absolute atomic E-state index is 0.282. The number of ether oxygens (including phenoxy) is 5. The highest BCUT2D eigenvalue weighted by molar-refractivity contribution is 7.86. The Bertz CT molecular complexity index is 542. The smallest absolute Gasteiger partial charge is 0.264 e. The zero-order chi connectivity index (χ0) is 16.3. The van der Waals surface area contributed by atoms with Gasteiger partial charge in [-0.2, -0.15) is 8.42 Å². The number of hydrogen-bond donors (Lipinski definition) is 0. The maximum absolute atomic E-state index is 11.6. The third-order valence-corrected chi connectivity index (χ3v) is 4.28. The van der Waals surface area contributed by atoms with E-state index in [4.69, 9.17) is 27.9 Å². The molecule has 3 saturated heterocycles. The Balaban J connectivity index is 1.81. The first-order valence-corrected chi connectivity index (χ1v) is 8.99. The van der Waals surface area contributed by atoms with Gasteiger partial charge in [0.15, 0.2) is 17.9 Å². The summed E-state index contributed by atoms with van der Waals surface area (Å²) in [5, 5.41) is 0. The summed E-state index contributed by atoms with van der Waals surface area (Å²) in [4.78, 5) is 0. The Morgan fingerprint density at radius 1 is 1.00 bits per heavy atom. The number of rotatable bonds is 3. The van der Waals surface area contributed by atoms with Crippen molar-refractivity contribution in [1.29, 1.82) is 0 Å². The van der Waals surface area contributed by atoms with E-state index in [1.807, 2.05) is 0 Å². The van der Waals surface area contributed by atoms with Crippen LogP contribution < -0.4 is 0 Å². The van der Waals surface area contributed by atoms with E-state index in [1.54, 1.807) is 27.7 Å². The number of hydrogen-bond acceptors (Lipinski definition) is 8. The number of fused-ring (bicyclic) bond motifs is 1. The Labute approximate surface area is 130 Å². The van der Waals surface area contributed by atoms with E-state index in [1.165, 1.54) is 0 Å². The van der Waals surface area contributed by atoms with Crippen LogP contribution in [0.5, 0.6) is 0 Å². The van der Waals surface area contributed by atoms with Gasteiger partial charge in [-0.05, 0) is 27.7 Å². The standard InChI is InChI=1S/C13H22O8S/c1-12(2)16-6-7(18-12)8-9(21-22(5,14)15)10-11(17-8)20-13(3,4)19-10/h7-11H,6H2,1-5H3/t7-,8-,9-,10+,11-/m0/s1. The Hall–Kier alpha value is -0.290. The summed E-state index contributed by atoms with van der Waals surface area (Å²) in [6, 6.07) is 0. The molecule has 0 aromatic heterocycles. The fourth-order valence-corrected chi connectivity index (χ4v) is 3.61. The van der Waals surface area contributed by atoms with Gasteiger partial charge in [0, 0.05) is 0 Å². The summed E-state index contributed by atoms with van der Waals surface area (Å²) in [5.41, 5.74) is 0. The predicted molar refractivity (Wildman–Crippen MR) is 73.3 cm³/mol. The maximum atomic E-state index is 11.6. The zero-order valence-electron chi connectivity index (χ0n) is 13.3. The van der Waals surface area contributed by atoms with Crippen molar-refractivity contribution >= 4 is 10.1 Å². The molecule has 3 aliphatic heterocycles. The molecule has 0 unspecified atom stereocenters. The zero-order valence-corrected chi connectivity index (χ0v) is 14.1. The molecule has 0 radical (unpaired) electrons. The molecule has 5 atom stereocenters. The second kappa shape index (κ2) is 5.10. The highest BCUT2D eigenvalue weighted by atomic mass is 32.2. The second-order valence-electron chi connectivity index (χ2n) is 6.70. The average Bonchev–Trinajstić information content (AvgIpc) is 2.89. The largest absolute Gasteiger partial charge is 0.348 e. The molecule has 0 spiro atoms. The van der Waals surface area contributed by atoms with E-state index in [9.17, 15) is 8.42 Å². The summed E-state index contributed by atoms with van der Waals surface area (Å²) in [6.45, 7) is 7.32. The third kappa shape index (κ3) is 3.30. The summed E-state index contributed by atoms with van der Waals surface area (Å²) in [7, 11) is -3.69. The first kappa shape index (κ1) is 16.6. The third-order valence-electron chi connectivity index (χ3n) is 3.71. The summed E-state index contributed by atoms with van der Waals surface area (Å²) in [6.07, 6.45) is -2.29. The van der Waals surface area contributed by atoms with Gasteiger partial charge in [-0.25, -0.2) is 0 Å². The molecule has 3 rings (SSSR count). The second-order valence-corrected chi connectivity index (χ2v) is 8.30. The fraction of sp³-hybridized carbons (Fsp3) is 1.00. The van der Waals surface area contributed by atoms with Crippen molar-refractivity contribution in [2.75, 3.05) is 12.9 Å². The van der Waals surface area contributed by atoms with Gasteiger partial charge in [0.25, 0.3) is 10.1 Å². The molecule has 0 amide bonds. The quantitative estimate of drug-likeness (QED) is 0.682. The van der Waals surface area contributed by atoms with Crippen molar-refractivity contribution in [3.05, 3.63) is 0 Å². The highest BCUT2D eigenvalue weighted by Gasteiger charge is 2.59. The monoisotopic (exact) mass is 338 g/mol. The van der Waals surface area contributed by atoms with Crippen molar-refractivity contribution in [2.45, 2.75) is 70.0 Å². The van der Waals surface area contributed by atoms with E-state index in [2.05, 4.69) is 0 Å². The van der Waals surface area contributed by atoms with Gasteiger partial charge < -0.3 is 23.7 Å². The summed E-state index contributed by atoms with van der Waals surface area (Å²) < 4.78 is 56.8. The van der Waals surface area contributed by atoms with Crippen LogP contribution in [0.2, 0.25) is 0 Å². The molecular formula is C13H22O8S.